The van der Waals surface area contributed by atoms with E-state index in [1.165, 1.54) is 12.4 Å². The number of H-pyrrole nitrogens is 1. The number of anilines is 3. The van der Waals surface area contributed by atoms with Gasteiger partial charge in [0, 0.05) is 25.3 Å². The average molecular weight is 447 g/mol. The molecule has 0 spiro atoms. The molecule has 3 N–H and O–H groups in total. The third kappa shape index (κ3) is 4.33. The van der Waals surface area contributed by atoms with E-state index in [1.54, 1.807) is 6.20 Å². The van der Waals surface area contributed by atoms with Gasteiger partial charge in [-0.3, -0.25) is 5.10 Å². The van der Waals surface area contributed by atoms with Crippen LogP contribution in [0.25, 0.3) is 11.0 Å². The minimum Gasteiger partial charge on any atom is -0.424 e. The molecule has 5 rings (SSSR count). The summed E-state index contributed by atoms with van der Waals surface area (Å²) in [5, 5.41) is 14.0. The molecule has 10 heteroatoms. The minimum absolute atomic E-state index is 0.251. The first kappa shape index (κ1) is 19.8. The second-order valence-electron chi connectivity index (χ2n) is 7.08. The van der Waals surface area contributed by atoms with Crippen molar-refractivity contribution in [1.82, 2.24) is 29.7 Å². The zero-order valence-corrected chi connectivity index (χ0v) is 17.8. The number of nitrogens with zero attached hydrogens (tertiary/aromatic N) is 5. The van der Waals surface area contributed by atoms with Crippen molar-refractivity contribution < 1.29 is 4.74 Å². The van der Waals surface area contributed by atoms with Crippen molar-refractivity contribution in [3.8, 4) is 11.8 Å². The third-order valence-corrected chi connectivity index (χ3v) is 5.04. The predicted molar refractivity (Wildman–Crippen MR) is 123 cm³/mol. The molecule has 0 aliphatic heterocycles. The molecule has 0 saturated heterocycles. The van der Waals surface area contributed by atoms with Gasteiger partial charge in [-0.1, -0.05) is 23.7 Å². The van der Waals surface area contributed by atoms with Crippen LogP contribution in [-0.4, -0.2) is 29.7 Å². The van der Waals surface area contributed by atoms with E-state index in [0.717, 1.165) is 34.1 Å². The van der Waals surface area contributed by atoms with Crippen LogP contribution in [0.15, 0.2) is 67.1 Å². The molecule has 0 amide bonds. The van der Waals surface area contributed by atoms with Gasteiger partial charge in [0.25, 0.3) is 0 Å². The highest BCUT2D eigenvalue weighted by molar-refractivity contribution is 6.30. The second-order valence-corrected chi connectivity index (χ2v) is 7.51. The molecule has 0 bridgehead atoms. The van der Waals surface area contributed by atoms with Crippen molar-refractivity contribution in [2.75, 3.05) is 10.6 Å². The average Bonchev–Trinajstić information content (AvgIpc) is 3.43. The number of fused-ring (bicyclic) bond motifs is 1. The number of ether oxygens (including phenoxy) is 1. The summed E-state index contributed by atoms with van der Waals surface area (Å²) in [7, 11) is 1.99. The Balaban J connectivity index is 1.25. The molecule has 0 atom stereocenters. The fourth-order valence-electron chi connectivity index (χ4n) is 3.22. The molecular weight excluding hydrogens is 428 g/mol. The number of aromatic amines is 1. The number of hydrogen-bond acceptors (Lipinski definition) is 7. The lowest BCUT2D eigenvalue weighted by atomic mass is 10.2. The number of halogens is 1. The zero-order valence-electron chi connectivity index (χ0n) is 17.1. The number of benzene rings is 2. The number of aromatic nitrogens is 6. The minimum atomic E-state index is 0.251. The number of imidazole rings is 1. The number of rotatable bonds is 7. The lowest BCUT2D eigenvalue weighted by Crippen LogP contribution is -2.05. The summed E-state index contributed by atoms with van der Waals surface area (Å²) in [5.74, 6) is 2.27. The van der Waals surface area contributed by atoms with Crippen LogP contribution in [0.3, 0.4) is 0 Å². The Labute approximate surface area is 188 Å². The smallest absolute Gasteiger partial charge is 0.321 e. The Hall–Kier alpha value is -4.11. The van der Waals surface area contributed by atoms with E-state index in [2.05, 4.69) is 36.9 Å². The van der Waals surface area contributed by atoms with Gasteiger partial charge in [-0.05, 0) is 35.9 Å². The summed E-state index contributed by atoms with van der Waals surface area (Å²) in [6.45, 7) is 0.619. The predicted octanol–water partition coefficient (Wildman–Crippen LogP) is 4.89. The zero-order chi connectivity index (χ0) is 21.9. The quantitative estimate of drug-likeness (QED) is 0.327. The van der Waals surface area contributed by atoms with E-state index in [4.69, 9.17) is 21.3 Å². The van der Waals surface area contributed by atoms with Gasteiger partial charge < -0.3 is 19.9 Å². The van der Waals surface area contributed by atoms with Crippen molar-refractivity contribution in [2.45, 2.75) is 6.54 Å². The normalized spacial score (nSPS) is 10.9. The van der Waals surface area contributed by atoms with Gasteiger partial charge in [-0.15, -0.1) is 0 Å². The largest absolute Gasteiger partial charge is 0.424 e. The Bertz CT molecular complexity index is 1330. The molecule has 0 fully saturated rings. The van der Waals surface area contributed by atoms with Gasteiger partial charge in [0.15, 0.2) is 0 Å². The van der Waals surface area contributed by atoms with Crippen molar-refractivity contribution >= 4 is 40.1 Å². The number of aryl methyl sites for hydroxylation is 1. The first-order chi connectivity index (χ1) is 15.6. The Kier molecular flexibility index (Phi) is 5.30. The van der Waals surface area contributed by atoms with E-state index in [1.807, 2.05) is 54.1 Å². The van der Waals surface area contributed by atoms with Crippen molar-refractivity contribution in [3.05, 3.63) is 77.7 Å². The van der Waals surface area contributed by atoms with Crippen LogP contribution in [0, 0.1) is 0 Å². The van der Waals surface area contributed by atoms with Crippen LogP contribution in [0.4, 0.5) is 17.5 Å². The number of hydrogen-bond donors (Lipinski definition) is 3. The molecule has 3 heterocycles. The molecule has 9 nitrogen and oxygen atoms in total. The van der Waals surface area contributed by atoms with E-state index >= 15 is 0 Å². The summed E-state index contributed by atoms with van der Waals surface area (Å²) in [4.78, 5) is 12.8. The summed E-state index contributed by atoms with van der Waals surface area (Å²) >= 11 is 5.79. The monoisotopic (exact) mass is 446 g/mol. The molecule has 160 valence electrons. The highest BCUT2D eigenvalue weighted by Crippen LogP contribution is 2.24. The van der Waals surface area contributed by atoms with Gasteiger partial charge in [0.05, 0.1) is 34.6 Å². The second kappa shape index (κ2) is 8.56. The molecule has 0 radical (unpaired) electrons. The van der Waals surface area contributed by atoms with E-state index in [9.17, 15) is 0 Å². The van der Waals surface area contributed by atoms with Gasteiger partial charge >= 0.3 is 6.01 Å². The molecule has 32 heavy (non-hydrogen) atoms. The molecule has 0 aliphatic carbocycles. The van der Waals surface area contributed by atoms with Gasteiger partial charge in [0.2, 0.25) is 5.95 Å². The molecule has 0 aliphatic rings. The Morgan fingerprint density at radius 1 is 1.06 bits per heavy atom. The first-order valence-corrected chi connectivity index (χ1v) is 10.2. The van der Waals surface area contributed by atoms with Crippen LogP contribution in [0.5, 0.6) is 11.8 Å². The Morgan fingerprint density at radius 3 is 2.62 bits per heavy atom. The van der Waals surface area contributed by atoms with Gasteiger partial charge in [-0.25, -0.2) is 15.0 Å². The summed E-state index contributed by atoms with van der Waals surface area (Å²) in [5.41, 5.74) is 3.97. The van der Waals surface area contributed by atoms with E-state index in [-0.39, 0.29) is 6.01 Å². The van der Waals surface area contributed by atoms with Gasteiger partial charge in [-0.2, -0.15) is 5.10 Å². The molecule has 5 aromatic rings. The summed E-state index contributed by atoms with van der Waals surface area (Å²) < 4.78 is 7.66. The van der Waals surface area contributed by atoms with E-state index < -0.39 is 0 Å². The SMILES string of the molecule is Cn1c(NCc2ccc(Oc3ncc(Cl)cn3)cc2)nc2ccc(Nc3ccn[nH]3)cc21. The molecular formula is C22H19ClN8O. The number of nitrogens with one attached hydrogen (secondary N) is 3. The van der Waals surface area contributed by atoms with Crippen molar-refractivity contribution in [3.63, 3.8) is 0 Å². The highest BCUT2D eigenvalue weighted by Gasteiger charge is 2.09. The van der Waals surface area contributed by atoms with Crippen LogP contribution >= 0.6 is 11.6 Å². The molecule has 2 aromatic carbocycles. The van der Waals surface area contributed by atoms with Gasteiger partial charge in [0.1, 0.15) is 11.6 Å². The molecule has 0 unspecified atom stereocenters. The maximum atomic E-state index is 5.79. The fourth-order valence-corrected chi connectivity index (χ4v) is 3.32. The van der Waals surface area contributed by atoms with Crippen molar-refractivity contribution in [2.24, 2.45) is 7.05 Å². The topological polar surface area (TPSA) is 106 Å². The molecule has 3 aromatic heterocycles. The highest BCUT2D eigenvalue weighted by atomic mass is 35.5. The van der Waals surface area contributed by atoms with Crippen LogP contribution in [-0.2, 0) is 13.6 Å². The maximum Gasteiger partial charge on any atom is 0.321 e. The van der Waals surface area contributed by atoms with Crippen LogP contribution in [0.2, 0.25) is 5.02 Å². The van der Waals surface area contributed by atoms with Crippen LogP contribution < -0.4 is 15.4 Å². The first-order valence-electron chi connectivity index (χ1n) is 9.85. The fraction of sp³-hybridized carbons (Fsp3) is 0.0909. The van der Waals surface area contributed by atoms with Crippen molar-refractivity contribution in [1.29, 1.82) is 0 Å². The van der Waals surface area contributed by atoms with Crippen LogP contribution in [0.1, 0.15) is 5.56 Å². The summed E-state index contributed by atoms with van der Waals surface area (Å²) in [6.07, 6.45) is 4.70. The Morgan fingerprint density at radius 2 is 1.88 bits per heavy atom. The maximum absolute atomic E-state index is 5.79. The lowest BCUT2D eigenvalue weighted by molar-refractivity contribution is 0.441. The summed E-state index contributed by atoms with van der Waals surface area (Å²) in [6, 6.07) is 15.9. The lowest BCUT2D eigenvalue weighted by Gasteiger charge is -2.08. The third-order valence-electron chi connectivity index (χ3n) is 4.84. The molecule has 0 saturated carbocycles. The standard InChI is InChI=1S/C22H19ClN8O/c1-31-19-10-16(28-20-8-9-27-30-20)4-7-18(19)29-21(31)24-11-14-2-5-17(6-3-14)32-22-25-12-15(23)13-26-22/h2-10,12-13H,11H2,1H3,(H,24,29)(H2,27,28,30). The van der Waals surface area contributed by atoms with E-state index in [0.29, 0.717) is 17.3 Å².